The van der Waals surface area contributed by atoms with Gasteiger partial charge in [-0.1, -0.05) is 12.1 Å². The summed E-state index contributed by atoms with van der Waals surface area (Å²) >= 11 is 1.40. The number of likely N-dealkylation sites (tertiary alicyclic amines) is 1. The van der Waals surface area contributed by atoms with Gasteiger partial charge in [-0.05, 0) is 30.7 Å². The second kappa shape index (κ2) is 7.44. The van der Waals surface area contributed by atoms with Crippen LogP contribution in [0.2, 0.25) is 0 Å². The molecule has 0 unspecified atom stereocenters. The smallest absolute Gasteiger partial charge is 0.265 e. The zero-order valence-electron chi connectivity index (χ0n) is 15.2. The number of aromatic nitrogens is 3. The van der Waals surface area contributed by atoms with E-state index in [9.17, 15) is 4.79 Å². The number of aryl methyl sites for hydroxylation is 1. The molecule has 7 heteroatoms. The molecule has 3 aromatic rings. The predicted molar refractivity (Wildman–Crippen MR) is 103 cm³/mol. The molecule has 1 saturated heterocycles. The highest BCUT2D eigenvalue weighted by molar-refractivity contribution is 7.11. The maximum absolute atomic E-state index is 13.0. The number of carbonyl (C=O) groups excluding carboxylic acids is 1. The lowest BCUT2D eigenvalue weighted by molar-refractivity contribution is 0.0793. The maximum atomic E-state index is 13.0. The molecule has 2 aromatic heterocycles. The number of hydrogen-bond acceptors (Lipinski definition) is 6. The lowest BCUT2D eigenvalue weighted by atomic mass is 9.86. The Labute approximate surface area is 161 Å². The Balaban J connectivity index is 1.66. The van der Waals surface area contributed by atoms with Gasteiger partial charge in [-0.2, -0.15) is 0 Å². The number of amides is 1. The minimum Gasteiger partial charge on any atom is -0.497 e. The molecule has 1 aliphatic heterocycles. The second-order valence-corrected chi connectivity index (χ2v) is 7.45. The monoisotopic (exact) mass is 380 g/mol. The Morgan fingerprint density at radius 1 is 1.15 bits per heavy atom. The van der Waals surface area contributed by atoms with Crippen molar-refractivity contribution in [1.29, 1.82) is 0 Å². The number of nitrogens with zero attached hydrogens (tertiary/aromatic N) is 4. The van der Waals surface area contributed by atoms with Gasteiger partial charge in [0.15, 0.2) is 0 Å². The summed E-state index contributed by atoms with van der Waals surface area (Å²) in [5.74, 6) is 1.16. The molecule has 0 spiro atoms. The third-order valence-electron chi connectivity index (χ3n) is 5.08. The molecular weight excluding hydrogens is 360 g/mol. The van der Waals surface area contributed by atoms with E-state index in [1.807, 2.05) is 30.0 Å². The fourth-order valence-electron chi connectivity index (χ4n) is 3.63. The zero-order chi connectivity index (χ0) is 18.8. The first-order valence-electron chi connectivity index (χ1n) is 8.76. The van der Waals surface area contributed by atoms with Gasteiger partial charge in [0.2, 0.25) is 0 Å². The zero-order valence-corrected chi connectivity index (χ0v) is 16.0. The fraction of sp³-hybridized carbons (Fsp3) is 0.300. The van der Waals surface area contributed by atoms with Gasteiger partial charge in [0.25, 0.3) is 5.91 Å². The summed E-state index contributed by atoms with van der Waals surface area (Å²) < 4.78 is 5.27. The summed E-state index contributed by atoms with van der Waals surface area (Å²) in [7, 11) is 1.66. The van der Waals surface area contributed by atoms with E-state index >= 15 is 0 Å². The second-order valence-electron chi connectivity index (χ2n) is 6.60. The van der Waals surface area contributed by atoms with E-state index < -0.39 is 0 Å². The van der Waals surface area contributed by atoms with Crippen molar-refractivity contribution in [2.24, 2.45) is 0 Å². The van der Waals surface area contributed by atoms with Crippen LogP contribution in [0.5, 0.6) is 5.75 Å². The van der Waals surface area contributed by atoms with Crippen molar-refractivity contribution in [3.05, 3.63) is 70.2 Å². The number of thiazole rings is 1. The van der Waals surface area contributed by atoms with Gasteiger partial charge in [-0.3, -0.25) is 4.79 Å². The van der Waals surface area contributed by atoms with E-state index in [0.29, 0.717) is 18.0 Å². The maximum Gasteiger partial charge on any atom is 0.265 e. The third-order valence-corrected chi connectivity index (χ3v) is 5.99. The van der Waals surface area contributed by atoms with Crippen LogP contribution in [0.15, 0.2) is 48.4 Å². The summed E-state index contributed by atoms with van der Waals surface area (Å²) in [6.07, 6.45) is 3.32. The largest absolute Gasteiger partial charge is 0.497 e. The molecule has 0 saturated carbocycles. The Hall–Kier alpha value is -2.80. The van der Waals surface area contributed by atoms with Crippen LogP contribution in [0.4, 0.5) is 0 Å². The van der Waals surface area contributed by atoms with Gasteiger partial charge in [0.1, 0.15) is 17.0 Å². The van der Waals surface area contributed by atoms with E-state index in [1.165, 1.54) is 16.9 Å². The van der Waals surface area contributed by atoms with Gasteiger partial charge in [-0.15, -0.1) is 11.3 Å². The molecule has 1 fully saturated rings. The molecule has 2 atom stereocenters. The number of hydrogen-bond donors (Lipinski definition) is 0. The molecule has 1 amide bonds. The molecule has 1 aromatic carbocycles. The normalized spacial score (nSPS) is 19.3. The summed E-state index contributed by atoms with van der Waals surface area (Å²) in [6.45, 7) is 3.16. The average molecular weight is 380 g/mol. The van der Waals surface area contributed by atoms with Gasteiger partial charge in [0.05, 0.1) is 18.3 Å². The van der Waals surface area contributed by atoms with Gasteiger partial charge in [-0.25, -0.2) is 15.0 Å². The molecule has 3 heterocycles. The summed E-state index contributed by atoms with van der Waals surface area (Å²) in [5.41, 5.74) is 4.65. The predicted octanol–water partition coefficient (Wildman–Crippen LogP) is 3.27. The van der Waals surface area contributed by atoms with Gasteiger partial charge >= 0.3 is 0 Å². The van der Waals surface area contributed by atoms with E-state index in [0.717, 1.165) is 17.1 Å². The average Bonchev–Trinajstić information content (AvgIpc) is 3.35. The lowest BCUT2D eigenvalue weighted by Crippen LogP contribution is -2.28. The molecule has 1 aliphatic rings. The third kappa shape index (κ3) is 3.42. The molecule has 138 valence electrons. The highest BCUT2D eigenvalue weighted by atomic mass is 32.1. The molecule has 4 rings (SSSR count). The number of rotatable bonds is 4. The highest BCUT2D eigenvalue weighted by Gasteiger charge is 2.38. The van der Waals surface area contributed by atoms with Crippen LogP contribution < -0.4 is 4.74 Å². The topological polar surface area (TPSA) is 68.2 Å². The van der Waals surface area contributed by atoms with E-state index in [1.54, 1.807) is 25.1 Å². The first-order valence-corrected chi connectivity index (χ1v) is 9.64. The molecule has 0 bridgehead atoms. The van der Waals surface area contributed by atoms with Crippen molar-refractivity contribution in [3.8, 4) is 5.75 Å². The van der Waals surface area contributed by atoms with Crippen LogP contribution in [0.3, 0.4) is 0 Å². The van der Waals surface area contributed by atoms with Gasteiger partial charge < -0.3 is 9.64 Å². The molecule has 0 N–H and O–H groups in total. The van der Waals surface area contributed by atoms with Crippen LogP contribution in [-0.2, 0) is 0 Å². The Morgan fingerprint density at radius 2 is 1.93 bits per heavy atom. The summed E-state index contributed by atoms with van der Waals surface area (Å²) in [5, 5.41) is 0. The van der Waals surface area contributed by atoms with Crippen LogP contribution in [0, 0.1) is 6.92 Å². The van der Waals surface area contributed by atoms with E-state index in [-0.39, 0.29) is 17.7 Å². The van der Waals surface area contributed by atoms with Crippen LogP contribution in [0.1, 0.15) is 38.5 Å². The SMILES string of the molecule is COc1ccc([C@@H]2CN(C(=O)c3scnc3C)C[C@H]2c2ccncn2)cc1. The molecule has 6 nitrogen and oxygen atoms in total. The molecule has 0 aliphatic carbocycles. The van der Waals surface area contributed by atoms with Crippen molar-refractivity contribution in [2.45, 2.75) is 18.8 Å². The summed E-state index contributed by atoms with van der Waals surface area (Å²) in [4.78, 5) is 28.4. The Morgan fingerprint density at radius 3 is 2.56 bits per heavy atom. The van der Waals surface area contributed by atoms with Crippen molar-refractivity contribution in [3.63, 3.8) is 0 Å². The van der Waals surface area contributed by atoms with Crippen LogP contribution >= 0.6 is 11.3 Å². The number of methoxy groups -OCH3 is 1. The van der Waals surface area contributed by atoms with Crippen molar-refractivity contribution in [2.75, 3.05) is 20.2 Å². The van der Waals surface area contributed by atoms with Crippen molar-refractivity contribution >= 4 is 17.2 Å². The van der Waals surface area contributed by atoms with E-state index in [4.69, 9.17) is 4.74 Å². The van der Waals surface area contributed by atoms with Crippen molar-refractivity contribution < 1.29 is 9.53 Å². The quantitative estimate of drug-likeness (QED) is 0.695. The summed E-state index contributed by atoms with van der Waals surface area (Å²) in [6, 6.07) is 10.0. The van der Waals surface area contributed by atoms with Crippen LogP contribution in [-0.4, -0.2) is 46.0 Å². The number of carbonyl (C=O) groups is 1. The fourth-order valence-corrected chi connectivity index (χ4v) is 4.40. The Kier molecular flexibility index (Phi) is 4.85. The number of ether oxygens (including phenoxy) is 1. The minimum atomic E-state index is 0.0464. The first-order chi connectivity index (χ1) is 13.2. The standard InChI is InChI=1S/C20H20N4O2S/c1-13-19(27-12-23-13)20(25)24-9-16(14-3-5-15(26-2)6-4-14)17(10-24)18-7-8-21-11-22-18/h3-8,11-12,16-17H,9-10H2,1-2H3/t16-,17+/m0/s1. The first kappa shape index (κ1) is 17.6. The molecular formula is C20H20N4O2S. The lowest BCUT2D eigenvalue weighted by Gasteiger charge is -2.18. The molecule has 0 radical (unpaired) electrons. The van der Waals surface area contributed by atoms with Crippen LogP contribution in [0.25, 0.3) is 0 Å². The molecule has 27 heavy (non-hydrogen) atoms. The van der Waals surface area contributed by atoms with Crippen molar-refractivity contribution in [1.82, 2.24) is 19.9 Å². The van der Waals surface area contributed by atoms with E-state index in [2.05, 4.69) is 27.1 Å². The Bertz CT molecular complexity index is 927. The van der Waals surface area contributed by atoms with Gasteiger partial charge in [0, 0.05) is 36.8 Å². The number of benzene rings is 1. The minimum absolute atomic E-state index is 0.0464. The highest BCUT2D eigenvalue weighted by Crippen LogP contribution is 2.40.